The van der Waals surface area contributed by atoms with Crippen LogP contribution in [-0.4, -0.2) is 47.0 Å². The topological polar surface area (TPSA) is 19.4 Å². The van der Waals surface area contributed by atoms with Crippen LogP contribution in [0.3, 0.4) is 0 Å². The predicted molar refractivity (Wildman–Crippen MR) is 93.3 cm³/mol. The van der Waals surface area contributed by atoms with E-state index in [1.807, 2.05) is 12.4 Å². The van der Waals surface area contributed by atoms with Crippen LogP contribution < -0.4 is 0 Å². The maximum Gasteiger partial charge on any atom is 0.0303 e. The second-order valence-electron chi connectivity index (χ2n) is 6.93. The summed E-state index contributed by atoms with van der Waals surface area (Å²) in [5, 5.41) is 0. The van der Waals surface area contributed by atoms with Crippen molar-refractivity contribution in [2.75, 3.05) is 26.2 Å². The first-order valence-electron chi connectivity index (χ1n) is 8.79. The summed E-state index contributed by atoms with van der Waals surface area (Å²) in [5.74, 6) is 0.700. The maximum atomic E-state index is 4.25. The molecule has 2 fully saturated rings. The summed E-state index contributed by atoms with van der Waals surface area (Å²) in [6.07, 6.45) is 6.52. The average Bonchev–Trinajstić information content (AvgIpc) is 2.57. The molecule has 3 heteroatoms. The molecule has 2 aliphatic heterocycles. The number of aromatic nitrogens is 1. The van der Waals surface area contributed by atoms with Gasteiger partial charge >= 0.3 is 0 Å². The fourth-order valence-electron chi connectivity index (χ4n) is 3.92. The van der Waals surface area contributed by atoms with Gasteiger partial charge in [-0.1, -0.05) is 36.4 Å². The van der Waals surface area contributed by atoms with Crippen molar-refractivity contribution >= 4 is 0 Å². The molecule has 0 saturated carbocycles. The van der Waals surface area contributed by atoms with E-state index in [9.17, 15) is 0 Å². The average molecular weight is 307 g/mol. The molecule has 1 aromatic heterocycles. The van der Waals surface area contributed by atoms with E-state index in [4.69, 9.17) is 0 Å². The van der Waals surface area contributed by atoms with E-state index < -0.39 is 0 Å². The van der Waals surface area contributed by atoms with Crippen LogP contribution in [0.1, 0.15) is 29.9 Å². The highest BCUT2D eigenvalue weighted by Crippen LogP contribution is 2.31. The SMILES string of the molecule is c1ccc(CN2CCC(N3CC(c4cccnc4)C3)CC2)cc1. The van der Waals surface area contributed by atoms with Crippen molar-refractivity contribution < 1.29 is 0 Å². The van der Waals surface area contributed by atoms with Crippen LogP contribution in [-0.2, 0) is 6.54 Å². The molecule has 0 radical (unpaired) electrons. The van der Waals surface area contributed by atoms with E-state index >= 15 is 0 Å². The molecule has 0 aliphatic carbocycles. The van der Waals surface area contributed by atoms with Gasteiger partial charge in [-0.3, -0.25) is 14.8 Å². The number of benzene rings is 1. The van der Waals surface area contributed by atoms with Crippen molar-refractivity contribution in [1.29, 1.82) is 0 Å². The first-order chi connectivity index (χ1) is 11.4. The molecule has 0 bridgehead atoms. The molecular formula is C20H25N3. The van der Waals surface area contributed by atoms with E-state index in [1.165, 1.54) is 50.1 Å². The number of pyridine rings is 1. The fraction of sp³-hybridized carbons (Fsp3) is 0.450. The number of rotatable bonds is 4. The smallest absolute Gasteiger partial charge is 0.0303 e. The van der Waals surface area contributed by atoms with Crippen LogP contribution in [0.4, 0.5) is 0 Å². The van der Waals surface area contributed by atoms with Crippen LogP contribution in [0.25, 0.3) is 0 Å². The van der Waals surface area contributed by atoms with Gasteiger partial charge in [0.2, 0.25) is 0 Å². The first kappa shape index (κ1) is 14.9. The van der Waals surface area contributed by atoms with Gasteiger partial charge in [-0.15, -0.1) is 0 Å². The zero-order valence-corrected chi connectivity index (χ0v) is 13.6. The molecule has 0 atom stereocenters. The summed E-state index contributed by atoms with van der Waals surface area (Å²) in [6.45, 7) is 6.00. The predicted octanol–water partition coefficient (Wildman–Crippen LogP) is 3.15. The van der Waals surface area contributed by atoms with E-state index in [-0.39, 0.29) is 0 Å². The Bertz CT molecular complexity index is 599. The van der Waals surface area contributed by atoms with Gasteiger partial charge in [0.05, 0.1) is 0 Å². The fourth-order valence-corrected chi connectivity index (χ4v) is 3.92. The number of piperidine rings is 1. The van der Waals surface area contributed by atoms with Crippen molar-refractivity contribution in [1.82, 2.24) is 14.8 Å². The van der Waals surface area contributed by atoms with Gasteiger partial charge in [-0.05, 0) is 43.1 Å². The van der Waals surface area contributed by atoms with Crippen LogP contribution in [0.15, 0.2) is 54.9 Å². The molecule has 3 heterocycles. The van der Waals surface area contributed by atoms with Gasteiger partial charge in [-0.25, -0.2) is 0 Å². The van der Waals surface area contributed by atoms with Crippen molar-refractivity contribution in [2.24, 2.45) is 0 Å². The molecule has 2 aliphatic rings. The summed E-state index contributed by atoms with van der Waals surface area (Å²) in [5.41, 5.74) is 2.84. The third kappa shape index (κ3) is 3.46. The van der Waals surface area contributed by atoms with Crippen LogP contribution in [0.5, 0.6) is 0 Å². The van der Waals surface area contributed by atoms with Gasteiger partial charge in [0.25, 0.3) is 0 Å². The molecule has 1 aromatic carbocycles. The number of hydrogen-bond acceptors (Lipinski definition) is 3. The Morgan fingerprint density at radius 1 is 0.957 bits per heavy atom. The lowest BCUT2D eigenvalue weighted by atomic mass is 9.89. The van der Waals surface area contributed by atoms with Crippen molar-refractivity contribution in [3.05, 3.63) is 66.0 Å². The molecule has 4 rings (SSSR count). The van der Waals surface area contributed by atoms with Crippen LogP contribution in [0.2, 0.25) is 0 Å². The molecule has 0 N–H and O–H groups in total. The molecule has 2 saturated heterocycles. The van der Waals surface area contributed by atoms with Gasteiger partial charge in [0.15, 0.2) is 0 Å². The summed E-state index contributed by atoms with van der Waals surface area (Å²) >= 11 is 0. The Balaban J connectivity index is 1.24. The zero-order chi connectivity index (χ0) is 15.5. The van der Waals surface area contributed by atoms with Crippen LogP contribution in [0, 0.1) is 0 Å². The Morgan fingerprint density at radius 2 is 1.74 bits per heavy atom. The minimum absolute atomic E-state index is 0.700. The van der Waals surface area contributed by atoms with E-state index in [0.29, 0.717) is 5.92 Å². The molecular weight excluding hydrogens is 282 g/mol. The van der Waals surface area contributed by atoms with Crippen molar-refractivity contribution in [3.63, 3.8) is 0 Å². The third-order valence-corrected chi connectivity index (χ3v) is 5.39. The Hall–Kier alpha value is -1.71. The van der Waals surface area contributed by atoms with E-state index in [2.05, 4.69) is 57.2 Å². The van der Waals surface area contributed by atoms with Crippen molar-refractivity contribution in [3.8, 4) is 0 Å². The second kappa shape index (κ2) is 6.81. The number of hydrogen-bond donors (Lipinski definition) is 0. The largest absolute Gasteiger partial charge is 0.299 e. The Labute approximate surface area is 139 Å². The van der Waals surface area contributed by atoms with Gasteiger partial charge in [-0.2, -0.15) is 0 Å². The highest BCUT2D eigenvalue weighted by molar-refractivity contribution is 5.19. The van der Waals surface area contributed by atoms with Crippen molar-refractivity contribution in [2.45, 2.75) is 31.3 Å². The Morgan fingerprint density at radius 3 is 2.43 bits per heavy atom. The summed E-state index contributed by atoms with van der Waals surface area (Å²) in [6, 6.07) is 15.9. The third-order valence-electron chi connectivity index (χ3n) is 5.39. The minimum atomic E-state index is 0.700. The first-order valence-corrected chi connectivity index (χ1v) is 8.79. The lowest BCUT2D eigenvalue weighted by molar-refractivity contribution is 0.0448. The molecule has 120 valence electrons. The van der Waals surface area contributed by atoms with Gasteiger partial charge in [0.1, 0.15) is 0 Å². The number of nitrogens with zero attached hydrogens (tertiary/aromatic N) is 3. The minimum Gasteiger partial charge on any atom is -0.299 e. The standard InChI is InChI=1S/C20H25N3/c1-2-5-17(6-3-1)14-22-11-8-20(9-12-22)23-15-19(16-23)18-7-4-10-21-13-18/h1-7,10,13,19-20H,8-9,11-12,14-16H2. The zero-order valence-electron chi connectivity index (χ0n) is 13.6. The monoisotopic (exact) mass is 307 g/mol. The van der Waals surface area contributed by atoms with E-state index in [1.54, 1.807) is 0 Å². The summed E-state index contributed by atoms with van der Waals surface area (Å²) in [4.78, 5) is 9.53. The molecule has 3 nitrogen and oxygen atoms in total. The summed E-state index contributed by atoms with van der Waals surface area (Å²) < 4.78 is 0. The molecule has 0 spiro atoms. The highest BCUT2D eigenvalue weighted by atomic mass is 15.2. The van der Waals surface area contributed by atoms with Gasteiger partial charge < -0.3 is 0 Å². The highest BCUT2D eigenvalue weighted by Gasteiger charge is 2.34. The van der Waals surface area contributed by atoms with E-state index in [0.717, 1.165) is 12.6 Å². The normalized spacial score (nSPS) is 21.2. The number of likely N-dealkylation sites (tertiary alicyclic amines) is 2. The molecule has 2 aromatic rings. The summed E-state index contributed by atoms with van der Waals surface area (Å²) in [7, 11) is 0. The maximum absolute atomic E-state index is 4.25. The van der Waals surface area contributed by atoms with Gasteiger partial charge in [0, 0.05) is 44.0 Å². The lowest BCUT2D eigenvalue weighted by Gasteiger charge is -2.47. The molecule has 0 amide bonds. The molecule has 23 heavy (non-hydrogen) atoms. The quantitative estimate of drug-likeness (QED) is 0.865. The molecule has 0 unspecified atom stereocenters. The lowest BCUT2D eigenvalue weighted by Crippen LogP contribution is -2.54. The Kier molecular flexibility index (Phi) is 4.40. The second-order valence-corrected chi connectivity index (χ2v) is 6.93. The van der Waals surface area contributed by atoms with Crippen LogP contribution >= 0.6 is 0 Å².